The third kappa shape index (κ3) is 6.30. The lowest BCUT2D eigenvalue weighted by atomic mass is 10.1. The quantitative estimate of drug-likeness (QED) is 0.267. The van der Waals surface area contributed by atoms with Gasteiger partial charge in [-0.15, -0.1) is 0 Å². The molecule has 0 aliphatic rings. The van der Waals surface area contributed by atoms with Gasteiger partial charge in [-0.25, -0.2) is 0 Å². The lowest BCUT2D eigenvalue weighted by Gasteiger charge is -2.09. The smallest absolute Gasteiger partial charge is 0.271 e. The highest BCUT2D eigenvalue weighted by atomic mass is 16.6. The maximum Gasteiger partial charge on any atom is 0.271 e. The number of nitrogens with zero attached hydrogens (tertiary/aromatic N) is 1. The minimum Gasteiger partial charge on any atom is -0.506 e. The molecule has 3 aromatic rings. The van der Waals surface area contributed by atoms with Crippen LogP contribution in [0.2, 0.25) is 0 Å². The van der Waals surface area contributed by atoms with Gasteiger partial charge in [0, 0.05) is 24.2 Å². The second-order valence-corrected chi connectivity index (χ2v) is 6.80. The molecule has 0 aliphatic carbocycles. The van der Waals surface area contributed by atoms with Gasteiger partial charge in [0.1, 0.15) is 11.5 Å². The largest absolute Gasteiger partial charge is 0.506 e. The van der Waals surface area contributed by atoms with Gasteiger partial charge in [-0.05, 0) is 35.9 Å². The molecule has 0 spiro atoms. The number of phenols is 1. The highest BCUT2D eigenvalue weighted by molar-refractivity contribution is 6.05. The molecular weight excluding hydrogens is 414 g/mol. The number of rotatable bonds is 9. The summed E-state index contributed by atoms with van der Waals surface area (Å²) in [6.45, 7) is 0.553. The molecule has 0 atom stereocenters. The Labute approximate surface area is 183 Å². The number of aromatic hydroxyl groups is 1. The van der Waals surface area contributed by atoms with Crippen molar-refractivity contribution in [1.29, 1.82) is 0 Å². The van der Waals surface area contributed by atoms with Gasteiger partial charge in [0.2, 0.25) is 5.91 Å². The number of anilines is 1. The van der Waals surface area contributed by atoms with Crippen LogP contribution in [0.5, 0.6) is 11.5 Å². The van der Waals surface area contributed by atoms with Crippen LogP contribution in [0.4, 0.5) is 11.4 Å². The van der Waals surface area contributed by atoms with Gasteiger partial charge in [0.05, 0.1) is 23.6 Å². The first kappa shape index (κ1) is 22.3. The molecule has 0 radical (unpaired) electrons. The van der Waals surface area contributed by atoms with E-state index < -0.39 is 10.8 Å². The highest BCUT2D eigenvalue weighted by Crippen LogP contribution is 2.28. The van der Waals surface area contributed by atoms with E-state index in [9.17, 15) is 24.8 Å². The molecule has 0 saturated carbocycles. The van der Waals surface area contributed by atoms with Crippen molar-refractivity contribution in [3.05, 3.63) is 94.0 Å². The summed E-state index contributed by atoms with van der Waals surface area (Å²) >= 11 is 0. The first-order chi connectivity index (χ1) is 15.4. The molecule has 3 aromatic carbocycles. The Hall–Kier alpha value is -4.40. The highest BCUT2D eigenvalue weighted by Gasteiger charge is 2.14. The Morgan fingerprint density at radius 3 is 2.41 bits per heavy atom. The molecule has 0 heterocycles. The molecule has 0 bridgehead atoms. The van der Waals surface area contributed by atoms with Crippen LogP contribution in [0, 0.1) is 10.1 Å². The van der Waals surface area contributed by atoms with E-state index in [2.05, 4.69) is 10.6 Å². The molecule has 0 unspecified atom stereocenters. The van der Waals surface area contributed by atoms with E-state index in [0.717, 1.165) is 23.8 Å². The number of carbonyl (C=O) groups excluding carboxylic acids is 2. The van der Waals surface area contributed by atoms with E-state index in [1.807, 2.05) is 30.3 Å². The molecule has 2 amide bonds. The number of carbonyl (C=O) groups is 2. The summed E-state index contributed by atoms with van der Waals surface area (Å²) in [5.74, 6) is -0.273. The van der Waals surface area contributed by atoms with Gasteiger partial charge in [-0.2, -0.15) is 0 Å². The molecule has 0 saturated heterocycles. The number of nitro groups is 1. The number of nitro benzene ring substituents is 1. The van der Waals surface area contributed by atoms with Crippen LogP contribution in [0.25, 0.3) is 0 Å². The van der Waals surface area contributed by atoms with E-state index in [0.29, 0.717) is 11.3 Å². The Kier molecular flexibility index (Phi) is 7.37. The molecule has 0 aromatic heterocycles. The van der Waals surface area contributed by atoms with Gasteiger partial charge < -0.3 is 20.5 Å². The number of phenolic OH excluding ortho intramolecular Hbond substituents is 1. The van der Waals surface area contributed by atoms with Gasteiger partial charge in [-0.3, -0.25) is 19.7 Å². The predicted octanol–water partition coefficient (Wildman–Crippen LogP) is 3.64. The van der Waals surface area contributed by atoms with E-state index >= 15 is 0 Å². The van der Waals surface area contributed by atoms with Crippen molar-refractivity contribution in [2.75, 3.05) is 11.9 Å². The summed E-state index contributed by atoms with van der Waals surface area (Å²) in [5.41, 5.74) is 0.774. The topological polar surface area (TPSA) is 131 Å². The summed E-state index contributed by atoms with van der Waals surface area (Å²) in [4.78, 5) is 34.6. The molecular formula is C23H21N3O6. The summed E-state index contributed by atoms with van der Waals surface area (Å²) in [7, 11) is 0. The number of benzene rings is 3. The zero-order chi connectivity index (χ0) is 22.9. The Balaban J connectivity index is 1.48. The number of hydrogen-bond acceptors (Lipinski definition) is 6. The molecule has 3 N–H and O–H groups in total. The van der Waals surface area contributed by atoms with Crippen LogP contribution in [-0.4, -0.2) is 28.5 Å². The average molecular weight is 435 g/mol. The lowest BCUT2D eigenvalue weighted by Crippen LogP contribution is -2.24. The number of ether oxygens (including phenoxy) is 1. The van der Waals surface area contributed by atoms with Gasteiger partial charge >= 0.3 is 0 Å². The first-order valence-corrected chi connectivity index (χ1v) is 9.74. The minimum absolute atomic E-state index is 0.0572. The Bertz CT molecular complexity index is 1100. The van der Waals surface area contributed by atoms with Crippen LogP contribution in [0.1, 0.15) is 22.3 Å². The lowest BCUT2D eigenvalue weighted by molar-refractivity contribution is -0.384. The van der Waals surface area contributed by atoms with Crippen molar-refractivity contribution >= 4 is 23.2 Å². The van der Waals surface area contributed by atoms with Crippen LogP contribution >= 0.6 is 0 Å². The zero-order valence-corrected chi connectivity index (χ0v) is 17.0. The van der Waals surface area contributed by atoms with Gasteiger partial charge in [0.25, 0.3) is 11.6 Å². The van der Waals surface area contributed by atoms with Crippen LogP contribution in [0.15, 0.2) is 72.8 Å². The van der Waals surface area contributed by atoms with Crippen molar-refractivity contribution in [1.82, 2.24) is 5.32 Å². The molecule has 9 nitrogen and oxygen atoms in total. The molecule has 32 heavy (non-hydrogen) atoms. The summed E-state index contributed by atoms with van der Waals surface area (Å²) in [6.07, 6.45) is 0.210. The minimum atomic E-state index is -0.619. The number of non-ortho nitro benzene ring substituents is 1. The summed E-state index contributed by atoms with van der Waals surface area (Å²) < 4.78 is 5.49. The van der Waals surface area contributed by atoms with Gasteiger partial charge in [0.15, 0.2) is 0 Å². The van der Waals surface area contributed by atoms with Crippen molar-refractivity contribution in [3.63, 3.8) is 0 Å². The van der Waals surface area contributed by atoms with Crippen molar-refractivity contribution in [3.8, 4) is 11.5 Å². The van der Waals surface area contributed by atoms with Crippen molar-refractivity contribution in [2.45, 2.75) is 13.0 Å². The van der Waals surface area contributed by atoms with E-state index in [1.54, 1.807) is 24.3 Å². The summed E-state index contributed by atoms with van der Waals surface area (Å²) in [5, 5.41) is 25.9. The van der Waals surface area contributed by atoms with Crippen molar-refractivity contribution in [2.24, 2.45) is 0 Å². The molecule has 3 rings (SSSR count). The first-order valence-electron chi connectivity index (χ1n) is 9.74. The normalized spacial score (nSPS) is 10.2. The van der Waals surface area contributed by atoms with Crippen LogP contribution < -0.4 is 15.4 Å². The maximum absolute atomic E-state index is 12.4. The van der Waals surface area contributed by atoms with Crippen LogP contribution in [-0.2, 0) is 11.3 Å². The fraction of sp³-hybridized carbons (Fsp3) is 0.130. The number of hydrogen-bond donors (Lipinski definition) is 3. The fourth-order valence-electron chi connectivity index (χ4n) is 2.77. The Morgan fingerprint density at radius 2 is 1.72 bits per heavy atom. The standard InChI is InChI=1S/C23H21N3O6/c27-21-11-10-18(26(30)31)14-20(21)25-23(29)17-8-6-16(7-9-17)15-24-22(28)12-13-32-19-4-2-1-3-5-19/h1-11,14,27H,12-13,15H2,(H,24,28)(H,25,29). The number of nitrogens with one attached hydrogen (secondary N) is 2. The van der Waals surface area contributed by atoms with Gasteiger partial charge in [-0.1, -0.05) is 30.3 Å². The number of para-hydroxylation sites is 1. The van der Waals surface area contributed by atoms with Crippen molar-refractivity contribution < 1.29 is 24.4 Å². The van der Waals surface area contributed by atoms with E-state index in [1.165, 1.54) is 0 Å². The molecule has 164 valence electrons. The van der Waals surface area contributed by atoms with E-state index in [4.69, 9.17) is 4.74 Å². The van der Waals surface area contributed by atoms with E-state index in [-0.39, 0.29) is 42.6 Å². The maximum atomic E-state index is 12.4. The second-order valence-electron chi connectivity index (χ2n) is 6.80. The summed E-state index contributed by atoms with van der Waals surface area (Å²) in [6, 6.07) is 19.1. The number of amides is 2. The monoisotopic (exact) mass is 435 g/mol. The third-order valence-corrected chi connectivity index (χ3v) is 4.49. The molecule has 0 aliphatic heterocycles. The SMILES string of the molecule is O=C(CCOc1ccccc1)NCc1ccc(C(=O)Nc2cc([N+](=O)[O-])ccc2O)cc1. The fourth-order valence-corrected chi connectivity index (χ4v) is 2.77. The average Bonchev–Trinajstić information content (AvgIpc) is 2.80. The van der Waals surface area contributed by atoms with Crippen LogP contribution in [0.3, 0.4) is 0 Å². The molecule has 9 heteroatoms. The third-order valence-electron chi connectivity index (χ3n) is 4.49. The Morgan fingerprint density at radius 1 is 1.00 bits per heavy atom. The molecule has 0 fully saturated rings. The zero-order valence-electron chi connectivity index (χ0n) is 17.0. The second kappa shape index (κ2) is 10.6. The predicted molar refractivity (Wildman–Crippen MR) is 118 cm³/mol.